The molecule has 1 saturated heterocycles. The third-order valence-corrected chi connectivity index (χ3v) is 5.51. The zero-order valence-electron chi connectivity index (χ0n) is 13.5. The van der Waals surface area contributed by atoms with Crippen molar-refractivity contribution in [2.75, 3.05) is 11.9 Å². The number of imide groups is 1. The van der Waals surface area contributed by atoms with E-state index in [4.69, 9.17) is 0 Å². The lowest BCUT2D eigenvalue weighted by molar-refractivity contribution is -0.135. The van der Waals surface area contributed by atoms with Crippen molar-refractivity contribution in [3.05, 3.63) is 28.7 Å². The largest absolute Gasteiger partial charge is 0.325 e. The Balaban J connectivity index is 1.67. The number of nitrogens with one attached hydrogen (secondary N) is 2. The summed E-state index contributed by atoms with van der Waals surface area (Å²) >= 11 is 3.35. The van der Waals surface area contributed by atoms with Gasteiger partial charge in [-0.1, -0.05) is 19.1 Å². The standard InChI is InChI=1S/C17H20BrN3O3/c1-11-6-8-17(9-7-11)15(23)21(16(24)20-17)10-14(22)19-13-5-3-2-4-12(13)18/h2-5,11H,6-10H2,1H3,(H,19,22)(H,20,24). The van der Waals surface area contributed by atoms with Crippen molar-refractivity contribution in [1.29, 1.82) is 0 Å². The second-order valence-corrected chi connectivity index (χ2v) is 7.47. The molecule has 7 heteroatoms. The second kappa shape index (κ2) is 6.55. The number of nitrogens with zero attached hydrogens (tertiary/aromatic N) is 1. The molecule has 0 radical (unpaired) electrons. The molecule has 4 amide bonds. The molecule has 24 heavy (non-hydrogen) atoms. The smallest absolute Gasteiger partial charge is 0.324 e. The topological polar surface area (TPSA) is 78.5 Å². The van der Waals surface area contributed by atoms with Crippen LogP contribution in [-0.2, 0) is 9.59 Å². The Morgan fingerprint density at radius 1 is 1.33 bits per heavy atom. The number of hydrogen-bond acceptors (Lipinski definition) is 3. The highest BCUT2D eigenvalue weighted by atomic mass is 79.9. The van der Waals surface area contributed by atoms with E-state index in [2.05, 4.69) is 33.5 Å². The number of hydrogen-bond donors (Lipinski definition) is 2. The fraction of sp³-hybridized carbons (Fsp3) is 0.471. The van der Waals surface area contributed by atoms with Gasteiger partial charge in [-0.3, -0.25) is 14.5 Å². The fourth-order valence-electron chi connectivity index (χ4n) is 3.31. The summed E-state index contributed by atoms with van der Waals surface area (Å²) in [6, 6.07) is 6.72. The van der Waals surface area contributed by atoms with E-state index in [0.717, 1.165) is 22.2 Å². The lowest BCUT2D eigenvalue weighted by Gasteiger charge is -2.33. The predicted octanol–water partition coefficient (Wildman–Crippen LogP) is 2.89. The maximum absolute atomic E-state index is 12.7. The molecule has 1 aliphatic carbocycles. The summed E-state index contributed by atoms with van der Waals surface area (Å²) < 4.78 is 0.744. The van der Waals surface area contributed by atoms with Gasteiger partial charge in [0.15, 0.2) is 0 Å². The SMILES string of the molecule is CC1CCC2(CC1)NC(=O)N(CC(=O)Nc1ccccc1Br)C2=O. The van der Waals surface area contributed by atoms with Gasteiger partial charge in [0.2, 0.25) is 5.91 Å². The first-order chi connectivity index (χ1) is 11.4. The molecule has 3 rings (SSSR count). The Kier molecular flexibility index (Phi) is 4.62. The Labute approximate surface area is 149 Å². The molecule has 2 fully saturated rings. The van der Waals surface area contributed by atoms with Gasteiger partial charge in [0, 0.05) is 4.47 Å². The van der Waals surface area contributed by atoms with Crippen LogP contribution in [0.3, 0.4) is 0 Å². The number of amides is 4. The van der Waals surface area contributed by atoms with Gasteiger partial charge in [0.1, 0.15) is 12.1 Å². The Bertz CT molecular complexity index is 683. The zero-order chi connectivity index (χ0) is 17.3. The van der Waals surface area contributed by atoms with Crippen LogP contribution in [0.2, 0.25) is 0 Å². The van der Waals surface area contributed by atoms with Crippen LogP contribution in [0.25, 0.3) is 0 Å². The first kappa shape index (κ1) is 17.0. The third-order valence-electron chi connectivity index (χ3n) is 4.82. The first-order valence-electron chi connectivity index (χ1n) is 8.10. The molecule has 1 heterocycles. The van der Waals surface area contributed by atoms with E-state index in [1.54, 1.807) is 12.1 Å². The summed E-state index contributed by atoms with van der Waals surface area (Å²) in [6.07, 6.45) is 3.09. The molecule has 2 aliphatic rings. The molecule has 0 bridgehead atoms. The Morgan fingerprint density at radius 2 is 2.00 bits per heavy atom. The molecule has 0 unspecified atom stereocenters. The van der Waals surface area contributed by atoms with Gasteiger partial charge >= 0.3 is 6.03 Å². The molecule has 1 aromatic carbocycles. The number of carbonyl (C=O) groups is 3. The van der Waals surface area contributed by atoms with Crippen LogP contribution in [0, 0.1) is 5.92 Å². The minimum atomic E-state index is -0.808. The minimum absolute atomic E-state index is 0.274. The van der Waals surface area contributed by atoms with Crippen molar-refractivity contribution in [1.82, 2.24) is 10.2 Å². The number of anilines is 1. The molecule has 1 aliphatic heterocycles. The highest BCUT2D eigenvalue weighted by molar-refractivity contribution is 9.10. The molecular formula is C17H20BrN3O3. The minimum Gasteiger partial charge on any atom is -0.324 e. The van der Waals surface area contributed by atoms with Crippen LogP contribution in [-0.4, -0.2) is 34.8 Å². The molecule has 1 spiro atoms. The van der Waals surface area contributed by atoms with Crippen LogP contribution in [0.5, 0.6) is 0 Å². The molecule has 2 N–H and O–H groups in total. The Morgan fingerprint density at radius 3 is 2.67 bits per heavy atom. The monoisotopic (exact) mass is 393 g/mol. The van der Waals surface area contributed by atoms with E-state index >= 15 is 0 Å². The van der Waals surface area contributed by atoms with E-state index < -0.39 is 17.5 Å². The number of para-hydroxylation sites is 1. The zero-order valence-corrected chi connectivity index (χ0v) is 15.1. The van der Waals surface area contributed by atoms with Crippen LogP contribution in [0.4, 0.5) is 10.5 Å². The summed E-state index contributed by atoms with van der Waals surface area (Å²) in [6.45, 7) is 1.88. The normalized spacial score (nSPS) is 26.6. The molecule has 0 aromatic heterocycles. The lowest BCUT2D eigenvalue weighted by Crippen LogP contribution is -2.49. The summed E-state index contributed by atoms with van der Waals surface area (Å²) in [5.41, 5.74) is -0.201. The van der Waals surface area contributed by atoms with Crippen molar-refractivity contribution in [2.45, 2.75) is 38.1 Å². The number of benzene rings is 1. The van der Waals surface area contributed by atoms with E-state index in [1.807, 2.05) is 12.1 Å². The maximum atomic E-state index is 12.7. The van der Waals surface area contributed by atoms with E-state index in [-0.39, 0.29) is 12.5 Å². The van der Waals surface area contributed by atoms with Crippen LogP contribution >= 0.6 is 15.9 Å². The van der Waals surface area contributed by atoms with Crippen LogP contribution in [0.15, 0.2) is 28.7 Å². The summed E-state index contributed by atoms with van der Waals surface area (Å²) in [5, 5.41) is 5.54. The fourth-order valence-corrected chi connectivity index (χ4v) is 3.69. The van der Waals surface area contributed by atoms with E-state index in [1.165, 1.54) is 0 Å². The lowest BCUT2D eigenvalue weighted by atomic mass is 9.77. The quantitative estimate of drug-likeness (QED) is 0.774. The molecular weight excluding hydrogens is 374 g/mol. The second-order valence-electron chi connectivity index (χ2n) is 6.61. The molecule has 0 atom stereocenters. The van der Waals surface area contributed by atoms with Gasteiger partial charge in [-0.25, -0.2) is 4.79 Å². The van der Waals surface area contributed by atoms with Crippen molar-refractivity contribution >= 4 is 39.5 Å². The number of halogens is 1. The predicted molar refractivity (Wildman–Crippen MR) is 93.4 cm³/mol. The average Bonchev–Trinajstić information content (AvgIpc) is 2.77. The van der Waals surface area contributed by atoms with Crippen LogP contribution < -0.4 is 10.6 Å². The average molecular weight is 394 g/mol. The van der Waals surface area contributed by atoms with Gasteiger partial charge in [0.25, 0.3) is 5.91 Å². The van der Waals surface area contributed by atoms with Gasteiger partial charge in [-0.05, 0) is 59.7 Å². The highest BCUT2D eigenvalue weighted by Crippen LogP contribution is 2.36. The van der Waals surface area contributed by atoms with Gasteiger partial charge in [0.05, 0.1) is 5.69 Å². The molecule has 1 aromatic rings. The van der Waals surface area contributed by atoms with Gasteiger partial charge in [-0.15, -0.1) is 0 Å². The number of rotatable bonds is 3. The molecule has 1 saturated carbocycles. The Hall–Kier alpha value is -1.89. The maximum Gasteiger partial charge on any atom is 0.325 e. The summed E-state index contributed by atoms with van der Waals surface area (Å²) in [7, 11) is 0. The number of carbonyl (C=O) groups excluding carboxylic acids is 3. The van der Waals surface area contributed by atoms with Crippen LogP contribution in [0.1, 0.15) is 32.6 Å². The third kappa shape index (κ3) is 3.17. The van der Waals surface area contributed by atoms with Gasteiger partial charge in [-0.2, -0.15) is 0 Å². The van der Waals surface area contributed by atoms with Gasteiger partial charge < -0.3 is 10.6 Å². The first-order valence-corrected chi connectivity index (χ1v) is 8.89. The van der Waals surface area contributed by atoms with Crippen molar-refractivity contribution in [3.8, 4) is 0 Å². The molecule has 6 nitrogen and oxygen atoms in total. The summed E-state index contributed by atoms with van der Waals surface area (Å²) in [5.74, 6) is -0.110. The van der Waals surface area contributed by atoms with Crippen molar-refractivity contribution in [3.63, 3.8) is 0 Å². The van der Waals surface area contributed by atoms with Crippen molar-refractivity contribution in [2.24, 2.45) is 5.92 Å². The molecule has 128 valence electrons. The highest BCUT2D eigenvalue weighted by Gasteiger charge is 2.52. The van der Waals surface area contributed by atoms with E-state index in [9.17, 15) is 14.4 Å². The summed E-state index contributed by atoms with van der Waals surface area (Å²) in [4.78, 5) is 38.2. The van der Waals surface area contributed by atoms with E-state index in [0.29, 0.717) is 24.4 Å². The van der Waals surface area contributed by atoms with Crippen molar-refractivity contribution < 1.29 is 14.4 Å². The number of urea groups is 1.